The molecular weight excluding hydrogens is 148 g/mol. The second-order valence-electron chi connectivity index (χ2n) is 4.61. The molecule has 1 aliphatic heterocycles. The number of hydrogen-bond acceptors (Lipinski definition) is 0. The highest BCUT2D eigenvalue weighted by Gasteiger charge is 2.56. The summed E-state index contributed by atoms with van der Waals surface area (Å²) in [6, 6.07) is 0. The molecule has 1 saturated heterocycles. The maximum atomic E-state index is 2.58. The maximum Gasteiger partial charge on any atom is 0.0535 e. The Morgan fingerprint density at radius 1 is 0.909 bits per heavy atom. The van der Waals surface area contributed by atoms with Crippen molar-refractivity contribution in [1.82, 2.24) is 0 Å². The molecule has 0 nitrogen and oxygen atoms in total. The fourth-order valence-corrected chi connectivity index (χ4v) is 7.74. The van der Waals surface area contributed by atoms with Crippen molar-refractivity contribution >= 4 is 8.07 Å². The first kappa shape index (κ1) is 9.31. The fourth-order valence-electron chi connectivity index (χ4n) is 2.63. The van der Waals surface area contributed by atoms with E-state index in [4.69, 9.17) is 0 Å². The van der Waals surface area contributed by atoms with E-state index < -0.39 is 8.07 Å². The predicted octanol–water partition coefficient (Wildman–Crippen LogP) is 4.05. The molecule has 0 aromatic carbocycles. The summed E-state index contributed by atoms with van der Waals surface area (Å²) in [5.74, 6) is 0. The summed E-state index contributed by atoms with van der Waals surface area (Å²) in [5, 5.41) is 0. The number of rotatable bonds is 4. The molecule has 0 bridgehead atoms. The summed E-state index contributed by atoms with van der Waals surface area (Å²) in [6.45, 7) is 9.80. The molecule has 0 aliphatic carbocycles. The van der Waals surface area contributed by atoms with Crippen LogP contribution in [-0.4, -0.2) is 8.07 Å². The van der Waals surface area contributed by atoms with Crippen LogP contribution in [0.3, 0.4) is 0 Å². The van der Waals surface area contributed by atoms with Gasteiger partial charge in [-0.15, -0.1) is 0 Å². The van der Waals surface area contributed by atoms with Gasteiger partial charge in [-0.2, -0.15) is 0 Å². The van der Waals surface area contributed by atoms with E-state index in [0.717, 1.165) is 0 Å². The quantitative estimate of drug-likeness (QED) is 0.558. The summed E-state index contributed by atoms with van der Waals surface area (Å²) in [7, 11) is -0.662. The van der Waals surface area contributed by atoms with Gasteiger partial charge in [0.05, 0.1) is 8.07 Å². The lowest BCUT2D eigenvalue weighted by Crippen LogP contribution is -2.03. The minimum Gasteiger partial charge on any atom is -0.0689 e. The molecule has 1 fully saturated rings. The zero-order valence-corrected chi connectivity index (χ0v) is 9.48. The SMILES string of the molecule is CCCC1C(CCC)[Si]1(C)C. The topological polar surface area (TPSA) is 0 Å². The standard InChI is InChI=1S/C10H22Si/c1-5-7-9-10(8-6-2)11(9,3)4/h9-10H,5-8H2,1-4H3. The fraction of sp³-hybridized carbons (Fsp3) is 1.00. The molecule has 1 rings (SSSR count). The maximum absolute atomic E-state index is 2.58. The second-order valence-corrected chi connectivity index (χ2v) is 9.74. The second kappa shape index (κ2) is 3.30. The van der Waals surface area contributed by atoms with Crippen molar-refractivity contribution in [3.05, 3.63) is 0 Å². The number of hydrogen-bond donors (Lipinski definition) is 0. The summed E-state index contributed by atoms with van der Waals surface area (Å²) in [5.41, 5.74) is 2.37. The first-order valence-corrected chi connectivity index (χ1v) is 8.30. The van der Waals surface area contributed by atoms with E-state index in [9.17, 15) is 0 Å². The average Bonchev–Trinajstić information content (AvgIpc) is 2.41. The van der Waals surface area contributed by atoms with Gasteiger partial charge in [0.1, 0.15) is 0 Å². The Hall–Kier alpha value is 0.217. The minimum absolute atomic E-state index is 0.662. The minimum atomic E-state index is -0.662. The van der Waals surface area contributed by atoms with Crippen molar-refractivity contribution in [3.8, 4) is 0 Å². The lowest BCUT2D eigenvalue weighted by Gasteiger charge is -1.96. The first-order chi connectivity index (χ1) is 5.14. The van der Waals surface area contributed by atoms with Crippen LogP contribution in [0.2, 0.25) is 24.2 Å². The average molecular weight is 170 g/mol. The van der Waals surface area contributed by atoms with Crippen LogP contribution in [0.1, 0.15) is 39.5 Å². The van der Waals surface area contributed by atoms with E-state index in [1.54, 1.807) is 0 Å². The normalized spacial score (nSPS) is 33.8. The molecular formula is C10H22Si. The summed E-state index contributed by atoms with van der Waals surface area (Å²) in [4.78, 5) is 0. The largest absolute Gasteiger partial charge is 0.0689 e. The Kier molecular flexibility index (Phi) is 2.79. The van der Waals surface area contributed by atoms with E-state index in [2.05, 4.69) is 26.9 Å². The molecule has 0 aromatic rings. The lowest BCUT2D eigenvalue weighted by atomic mass is 10.1. The van der Waals surface area contributed by atoms with Crippen LogP contribution in [0.25, 0.3) is 0 Å². The van der Waals surface area contributed by atoms with Crippen molar-refractivity contribution in [2.45, 2.75) is 63.7 Å². The van der Waals surface area contributed by atoms with Crippen molar-refractivity contribution in [3.63, 3.8) is 0 Å². The van der Waals surface area contributed by atoms with Gasteiger partial charge >= 0.3 is 0 Å². The molecule has 11 heavy (non-hydrogen) atoms. The van der Waals surface area contributed by atoms with Crippen LogP contribution >= 0.6 is 0 Å². The van der Waals surface area contributed by atoms with Crippen molar-refractivity contribution in [2.75, 3.05) is 0 Å². The van der Waals surface area contributed by atoms with Crippen LogP contribution in [0.4, 0.5) is 0 Å². The first-order valence-electron chi connectivity index (χ1n) is 5.14. The molecule has 1 heterocycles. The van der Waals surface area contributed by atoms with Crippen molar-refractivity contribution in [2.24, 2.45) is 0 Å². The van der Waals surface area contributed by atoms with Gasteiger partial charge in [-0.25, -0.2) is 0 Å². The van der Waals surface area contributed by atoms with Crippen LogP contribution in [0, 0.1) is 0 Å². The monoisotopic (exact) mass is 170 g/mol. The Balaban J connectivity index is 2.34. The zero-order chi connectivity index (χ0) is 8.48. The molecule has 0 N–H and O–H groups in total. The highest BCUT2D eigenvalue weighted by Crippen LogP contribution is 2.63. The third-order valence-electron chi connectivity index (χ3n) is 3.49. The third-order valence-corrected chi connectivity index (χ3v) is 8.31. The van der Waals surface area contributed by atoms with E-state index in [1.165, 1.54) is 36.8 Å². The summed E-state index contributed by atoms with van der Waals surface area (Å²) < 4.78 is 0. The van der Waals surface area contributed by atoms with Gasteiger partial charge in [0.25, 0.3) is 0 Å². The van der Waals surface area contributed by atoms with Crippen LogP contribution in [0.5, 0.6) is 0 Å². The van der Waals surface area contributed by atoms with Crippen LogP contribution in [-0.2, 0) is 0 Å². The molecule has 1 heteroatoms. The Labute approximate surface area is 72.4 Å². The van der Waals surface area contributed by atoms with Gasteiger partial charge in [-0.1, -0.05) is 52.6 Å². The molecule has 0 amide bonds. The molecule has 1 aliphatic rings. The van der Waals surface area contributed by atoms with Gasteiger partial charge in [0.2, 0.25) is 0 Å². The van der Waals surface area contributed by atoms with Crippen LogP contribution < -0.4 is 0 Å². The molecule has 66 valence electrons. The summed E-state index contributed by atoms with van der Waals surface area (Å²) in [6.07, 6.45) is 5.84. The molecule has 0 saturated carbocycles. The molecule has 0 radical (unpaired) electrons. The third kappa shape index (κ3) is 1.69. The van der Waals surface area contributed by atoms with E-state index in [1.807, 2.05) is 0 Å². The molecule has 2 atom stereocenters. The Bertz CT molecular complexity index is 115. The summed E-state index contributed by atoms with van der Waals surface area (Å²) >= 11 is 0. The highest BCUT2D eigenvalue weighted by molar-refractivity contribution is 6.90. The highest BCUT2D eigenvalue weighted by atomic mass is 28.3. The van der Waals surface area contributed by atoms with E-state index in [0.29, 0.717) is 0 Å². The van der Waals surface area contributed by atoms with Gasteiger partial charge in [0, 0.05) is 0 Å². The van der Waals surface area contributed by atoms with Gasteiger partial charge in [-0.05, 0) is 11.1 Å². The molecule has 0 spiro atoms. The molecule has 2 unspecified atom stereocenters. The van der Waals surface area contributed by atoms with Gasteiger partial charge in [-0.3, -0.25) is 0 Å². The Morgan fingerprint density at radius 3 is 1.55 bits per heavy atom. The predicted molar refractivity (Wildman–Crippen MR) is 54.8 cm³/mol. The van der Waals surface area contributed by atoms with Crippen molar-refractivity contribution in [1.29, 1.82) is 0 Å². The van der Waals surface area contributed by atoms with Crippen molar-refractivity contribution < 1.29 is 0 Å². The van der Waals surface area contributed by atoms with E-state index >= 15 is 0 Å². The Morgan fingerprint density at radius 2 is 1.27 bits per heavy atom. The van der Waals surface area contributed by atoms with Gasteiger partial charge < -0.3 is 0 Å². The smallest absolute Gasteiger partial charge is 0.0535 e. The molecule has 0 aromatic heterocycles. The zero-order valence-electron chi connectivity index (χ0n) is 8.48. The lowest BCUT2D eigenvalue weighted by molar-refractivity contribution is 0.699. The van der Waals surface area contributed by atoms with Crippen LogP contribution in [0.15, 0.2) is 0 Å². The van der Waals surface area contributed by atoms with Gasteiger partial charge in [0.15, 0.2) is 0 Å². The van der Waals surface area contributed by atoms with E-state index in [-0.39, 0.29) is 0 Å².